The van der Waals surface area contributed by atoms with Crippen molar-refractivity contribution in [1.29, 1.82) is 5.26 Å². The van der Waals surface area contributed by atoms with Gasteiger partial charge in [0, 0.05) is 5.92 Å². The highest BCUT2D eigenvalue weighted by Crippen LogP contribution is 2.16. The molecule has 0 aromatic carbocycles. The van der Waals surface area contributed by atoms with Crippen molar-refractivity contribution in [3.8, 4) is 6.07 Å². The molecule has 3 N–H and O–H groups in total. The predicted octanol–water partition coefficient (Wildman–Crippen LogP) is 0.211. The normalized spacial score (nSPS) is 34.3. The molecule has 4 nitrogen and oxygen atoms in total. The maximum atomic E-state index is 8.72. The molecule has 12 heavy (non-hydrogen) atoms. The van der Waals surface area contributed by atoms with Crippen LogP contribution in [-0.4, -0.2) is 17.5 Å². The lowest BCUT2D eigenvalue weighted by Crippen LogP contribution is -2.55. The summed E-state index contributed by atoms with van der Waals surface area (Å²) >= 11 is 0. The van der Waals surface area contributed by atoms with E-state index in [9.17, 15) is 0 Å². The average Bonchev–Trinajstić information content (AvgIpc) is 2.25. The Hall–Kier alpha value is -1.08. The van der Waals surface area contributed by atoms with Crippen LogP contribution >= 0.6 is 0 Å². The van der Waals surface area contributed by atoms with Gasteiger partial charge in [0.1, 0.15) is 11.5 Å². The lowest BCUT2D eigenvalue weighted by molar-refractivity contribution is 0.426. The van der Waals surface area contributed by atoms with E-state index in [0.29, 0.717) is 5.92 Å². The summed E-state index contributed by atoms with van der Waals surface area (Å²) in [5.41, 5.74) is 5.11. The third-order valence-electron chi connectivity index (χ3n) is 1.90. The second kappa shape index (κ2) is 2.76. The quantitative estimate of drug-likeness (QED) is 0.584. The molecular weight excluding hydrogens is 152 g/mol. The van der Waals surface area contributed by atoms with Crippen LogP contribution in [0.1, 0.15) is 20.8 Å². The third-order valence-corrected chi connectivity index (χ3v) is 1.90. The summed E-state index contributed by atoms with van der Waals surface area (Å²) in [5, 5.41) is 11.8. The van der Waals surface area contributed by atoms with Gasteiger partial charge in [-0.25, -0.2) is 4.99 Å². The van der Waals surface area contributed by atoms with Crippen LogP contribution in [0.2, 0.25) is 0 Å². The van der Waals surface area contributed by atoms with Crippen LogP contribution in [0.4, 0.5) is 0 Å². The van der Waals surface area contributed by atoms with Crippen molar-refractivity contribution in [3.05, 3.63) is 0 Å². The smallest absolute Gasteiger partial charge is 0.174 e. The molecule has 0 saturated heterocycles. The van der Waals surface area contributed by atoms with E-state index in [0.717, 1.165) is 5.84 Å². The van der Waals surface area contributed by atoms with Crippen molar-refractivity contribution in [2.45, 2.75) is 32.5 Å². The van der Waals surface area contributed by atoms with Crippen LogP contribution in [0.5, 0.6) is 0 Å². The topological polar surface area (TPSA) is 74.2 Å². The van der Waals surface area contributed by atoms with Crippen LogP contribution in [0.15, 0.2) is 4.99 Å². The zero-order valence-corrected chi connectivity index (χ0v) is 7.63. The molecule has 1 rings (SSSR count). The Kier molecular flexibility index (Phi) is 2.07. The average molecular weight is 166 g/mol. The minimum Gasteiger partial charge on any atom is -0.353 e. The van der Waals surface area contributed by atoms with Gasteiger partial charge >= 0.3 is 0 Å². The van der Waals surface area contributed by atoms with Crippen LogP contribution in [-0.2, 0) is 0 Å². The van der Waals surface area contributed by atoms with E-state index >= 15 is 0 Å². The van der Waals surface area contributed by atoms with E-state index in [1.54, 1.807) is 6.92 Å². The summed E-state index contributed by atoms with van der Waals surface area (Å²) in [6.45, 7) is 5.81. The van der Waals surface area contributed by atoms with Gasteiger partial charge in [0.25, 0.3) is 0 Å². The SMILES string of the molecule is CC(C)C1=NC(C#N)C(C)(N)N1. The zero-order chi connectivity index (χ0) is 9.35. The van der Waals surface area contributed by atoms with E-state index in [1.165, 1.54) is 0 Å². The van der Waals surface area contributed by atoms with Crippen LogP contribution in [0, 0.1) is 17.2 Å². The first-order valence-corrected chi connectivity index (χ1v) is 4.01. The van der Waals surface area contributed by atoms with Crippen LogP contribution < -0.4 is 11.1 Å². The maximum absolute atomic E-state index is 8.72. The summed E-state index contributed by atoms with van der Waals surface area (Å²) in [5.74, 6) is 1.12. The van der Waals surface area contributed by atoms with Gasteiger partial charge in [-0.15, -0.1) is 0 Å². The van der Waals surface area contributed by atoms with Crippen molar-refractivity contribution >= 4 is 5.84 Å². The molecule has 0 bridgehead atoms. The standard InChI is InChI=1S/C8H14N4/c1-5(2)7-11-6(4-9)8(3,10)12-7/h5-6H,10H2,1-3H3,(H,11,12). The highest BCUT2D eigenvalue weighted by molar-refractivity contribution is 5.87. The summed E-state index contributed by atoms with van der Waals surface area (Å²) in [4.78, 5) is 4.18. The summed E-state index contributed by atoms with van der Waals surface area (Å²) in [6, 6.07) is 1.60. The van der Waals surface area contributed by atoms with E-state index < -0.39 is 11.7 Å². The van der Waals surface area contributed by atoms with Gasteiger partial charge < -0.3 is 11.1 Å². The Bertz CT molecular complexity index is 246. The molecule has 1 heterocycles. The molecule has 1 aliphatic heterocycles. The van der Waals surface area contributed by atoms with Gasteiger partial charge in [-0.2, -0.15) is 5.26 Å². The van der Waals surface area contributed by atoms with Gasteiger partial charge in [0.15, 0.2) is 6.04 Å². The Morgan fingerprint density at radius 2 is 2.33 bits per heavy atom. The summed E-state index contributed by atoms with van der Waals surface area (Å²) in [6.07, 6.45) is 0. The predicted molar refractivity (Wildman–Crippen MR) is 47.4 cm³/mol. The number of hydrogen-bond acceptors (Lipinski definition) is 4. The molecule has 0 saturated carbocycles. The van der Waals surface area contributed by atoms with Gasteiger partial charge in [-0.05, 0) is 6.92 Å². The Morgan fingerprint density at radius 1 is 1.75 bits per heavy atom. The molecule has 0 aliphatic carbocycles. The largest absolute Gasteiger partial charge is 0.353 e. The van der Waals surface area contributed by atoms with E-state index in [4.69, 9.17) is 11.0 Å². The molecule has 66 valence electrons. The molecule has 1 aliphatic rings. The number of rotatable bonds is 1. The van der Waals surface area contributed by atoms with Crippen molar-refractivity contribution in [2.24, 2.45) is 16.6 Å². The number of aliphatic imine (C=N–C) groups is 1. The Labute approximate surface area is 72.5 Å². The lowest BCUT2D eigenvalue weighted by Gasteiger charge is -2.22. The maximum Gasteiger partial charge on any atom is 0.174 e. The first kappa shape index (κ1) is 9.01. The first-order chi connectivity index (χ1) is 5.47. The highest BCUT2D eigenvalue weighted by Gasteiger charge is 2.37. The first-order valence-electron chi connectivity index (χ1n) is 4.01. The van der Waals surface area contributed by atoms with Gasteiger partial charge in [0.2, 0.25) is 0 Å². The minimum atomic E-state index is -0.700. The van der Waals surface area contributed by atoms with Gasteiger partial charge in [-0.3, -0.25) is 0 Å². The molecule has 0 aromatic rings. The molecule has 0 aromatic heterocycles. The highest BCUT2D eigenvalue weighted by atomic mass is 15.2. The number of amidine groups is 1. The minimum absolute atomic E-state index is 0.297. The number of nitrogens with zero attached hydrogens (tertiary/aromatic N) is 2. The Morgan fingerprint density at radius 3 is 2.58 bits per heavy atom. The lowest BCUT2D eigenvalue weighted by atomic mass is 10.1. The monoisotopic (exact) mass is 166 g/mol. The van der Waals surface area contributed by atoms with Crippen LogP contribution in [0.3, 0.4) is 0 Å². The second-order valence-electron chi connectivity index (χ2n) is 3.61. The fraction of sp³-hybridized carbons (Fsp3) is 0.750. The van der Waals surface area contributed by atoms with E-state index in [2.05, 4.69) is 16.4 Å². The molecular formula is C8H14N4. The molecule has 0 spiro atoms. The summed E-state index contributed by atoms with van der Waals surface area (Å²) in [7, 11) is 0. The van der Waals surface area contributed by atoms with E-state index in [-0.39, 0.29) is 0 Å². The molecule has 2 unspecified atom stereocenters. The van der Waals surface area contributed by atoms with E-state index in [1.807, 2.05) is 13.8 Å². The van der Waals surface area contributed by atoms with Crippen molar-refractivity contribution in [1.82, 2.24) is 5.32 Å². The molecule has 0 amide bonds. The molecule has 0 radical (unpaired) electrons. The van der Waals surface area contributed by atoms with Crippen molar-refractivity contribution < 1.29 is 0 Å². The summed E-state index contributed by atoms with van der Waals surface area (Å²) < 4.78 is 0. The fourth-order valence-electron chi connectivity index (χ4n) is 1.11. The van der Waals surface area contributed by atoms with Gasteiger partial charge in [0.05, 0.1) is 6.07 Å². The number of nitrogens with one attached hydrogen (secondary N) is 1. The molecule has 2 atom stereocenters. The fourth-order valence-corrected chi connectivity index (χ4v) is 1.11. The second-order valence-corrected chi connectivity index (χ2v) is 3.61. The van der Waals surface area contributed by atoms with Crippen LogP contribution in [0.25, 0.3) is 0 Å². The molecule has 0 fully saturated rings. The van der Waals surface area contributed by atoms with Crippen molar-refractivity contribution in [3.63, 3.8) is 0 Å². The molecule has 4 heteroatoms. The Balaban J connectivity index is 2.83. The number of hydrogen-bond donors (Lipinski definition) is 2. The number of nitriles is 1. The van der Waals surface area contributed by atoms with Crippen molar-refractivity contribution in [2.75, 3.05) is 0 Å². The zero-order valence-electron chi connectivity index (χ0n) is 7.63. The third kappa shape index (κ3) is 1.41. The number of nitrogens with two attached hydrogens (primary N) is 1. The van der Waals surface area contributed by atoms with Gasteiger partial charge in [-0.1, -0.05) is 13.8 Å².